The molecule has 1 atom stereocenters. The summed E-state index contributed by atoms with van der Waals surface area (Å²) >= 11 is 0. The van der Waals surface area contributed by atoms with Crippen LogP contribution in [0.5, 0.6) is 0 Å². The van der Waals surface area contributed by atoms with Crippen molar-refractivity contribution in [3.8, 4) is 0 Å². The minimum absolute atomic E-state index is 0.0829. The molecule has 0 radical (unpaired) electrons. The Labute approximate surface area is 124 Å². The SMILES string of the molecule is OC(CC1CCCC1)CN(CC1CCNCC1)C1CC1. The van der Waals surface area contributed by atoms with Gasteiger partial charge in [0.05, 0.1) is 6.10 Å². The smallest absolute Gasteiger partial charge is 0.0669 e. The number of nitrogens with zero attached hydrogens (tertiary/aromatic N) is 1. The lowest BCUT2D eigenvalue weighted by molar-refractivity contribution is 0.0762. The van der Waals surface area contributed by atoms with Gasteiger partial charge in [0.15, 0.2) is 0 Å². The molecule has 0 aromatic heterocycles. The van der Waals surface area contributed by atoms with Crippen LogP contribution < -0.4 is 5.32 Å². The summed E-state index contributed by atoms with van der Waals surface area (Å²) in [6.07, 6.45) is 11.8. The zero-order valence-corrected chi connectivity index (χ0v) is 12.9. The van der Waals surface area contributed by atoms with Crippen molar-refractivity contribution in [3.05, 3.63) is 0 Å². The van der Waals surface area contributed by atoms with Gasteiger partial charge in [-0.25, -0.2) is 0 Å². The number of hydrogen-bond donors (Lipinski definition) is 2. The van der Waals surface area contributed by atoms with E-state index in [1.165, 1.54) is 71.0 Å². The number of piperidine rings is 1. The third-order valence-electron chi connectivity index (χ3n) is 5.54. The molecule has 116 valence electrons. The highest BCUT2D eigenvalue weighted by atomic mass is 16.3. The molecular weight excluding hydrogens is 248 g/mol. The molecule has 3 nitrogen and oxygen atoms in total. The van der Waals surface area contributed by atoms with Crippen LogP contribution in [0.15, 0.2) is 0 Å². The normalized spacial score (nSPS) is 27.3. The first-order chi connectivity index (χ1) is 9.81. The molecule has 2 saturated carbocycles. The van der Waals surface area contributed by atoms with Crippen molar-refractivity contribution in [1.82, 2.24) is 10.2 Å². The molecule has 3 aliphatic rings. The molecule has 1 unspecified atom stereocenters. The molecule has 1 saturated heterocycles. The van der Waals surface area contributed by atoms with Crippen molar-refractivity contribution in [2.24, 2.45) is 11.8 Å². The fourth-order valence-electron chi connectivity index (χ4n) is 4.18. The Balaban J connectivity index is 1.43. The van der Waals surface area contributed by atoms with Gasteiger partial charge in [0.25, 0.3) is 0 Å². The van der Waals surface area contributed by atoms with E-state index in [9.17, 15) is 5.11 Å². The number of aliphatic hydroxyl groups is 1. The lowest BCUT2D eigenvalue weighted by Gasteiger charge is -2.32. The largest absolute Gasteiger partial charge is 0.392 e. The number of aliphatic hydroxyl groups excluding tert-OH is 1. The first kappa shape index (κ1) is 14.8. The molecular formula is C17H32N2O. The van der Waals surface area contributed by atoms with Crippen LogP contribution in [0.4, 0.5) is 0 Å². The fraction of sp³-hybridized carbons (Fsp3) is 1.00. The molecule has 0 spiro atoms. The molecule has 0 aromatic carbocycles. The number of hydrogen-bond acceptors (Lipinski definition) is 3. The van der Waals surface area contributed by atoms with Crippen molar-refractivity contribution in [2.45, 2.75) is 69.9 Å². The van der Waals surface area contributed by atoms with E-state index in [0.717, 1.165) is 30.8 Å². The molecule has 3 rings (SSSR count). The predicted octanol–water partition coefficient (Wildman–Crippen LogP) is 2.39. The van der Waals surface area contributed by atoms with E-state index in [2.05, 4.69) is 10.2 Å². The zero-order chi connectivity index (χ0) is 13.8. The molecule has 0 aromatic rings. The summed E-state index contributed by atoms with van der Waals surface area (Å²) in [6, 6.07) is 0.795. The van der Waals surface area contributed by atoms with Crippen LogP contribution in [0.25, 0.3) is 0 Å². The molecule has 2 N–H and O–H groups in total. The second kappa shape index (κ2) is 7.24. The van der Waals surface area contributed by atoms with E-state index < -0.39 is 0 Å². The van der Waals surface area contributed by atoms with E-state index >= 15 is 0 Å². The predicted molar refractivity (Wildman–Crippen MR) is 82.8 cm³/mol. The van der Waals surface area contributed by atoms with Gasteiger partial charge >= 0.3 is 0 Å². The van der Waals surface area contributed by atoms with Crippen LogP contribution in [0.1, 0.15) is 57.8 Å². The molecule has 1 aliphatic heterocycles. The van der Waals surface area contributed by atoms with Gasteiger partial charge in [0.1, 0.15) is 0 Å². The first-order valence-electron chi connectivity index (χ1n) is 8.94. The van der Waals surface area contributed by atoms with Gasteiger partial charge < -0.3 is 10.4 Å². The maximum absolute atomic E-state index is 10.4. The average Bonchev–Trinajstić information content (AvgIpc) is 3.18. The summed E-state index contributed by atoms with van der Waals surface area (Å²) in [5.41, 5.74) is 0. The van der Waals surface area contributed by atoms with E-state index in [1.54, 1.807) is 0 Å². The maximum Gasteiger partial charge on any atom is 0.0669 e. The van der Waals surface area contributed by atoms with Gasteiger partial charge in [-0.2, -0.15) is 0 Å². The summed E-state index contributed by atoms with van der Waals surface area (Å²) in [7, 11) is 0. The Kier molecular flexibility index (Phi) is 5.36. The minimum atomic E-state index is -0.0829. The lowest BCUT2D eigenvalue weighted by atomic mass is 9.96. The van der Waals surface area contributed by atoms with Crippen molar-refractivity contribution in [1.29, 1.82) is 0 Å². The molecule has 0 amide bonds. The highest BCUT2D eigenvalue weighted by Gasteiger charge is 2.32. The average molecular weight is 280 g/mol. The van der Waals surface area contributed by atoms with E-state index in [1.807, 2.05) is 0 Å². The molecule has 3 fully saturated rings. The van der Waals surface area contributed by atoms with Gasteiger partial charge in [0, 0.05) is 19.1 Å². The Hall–Kier alpha value is -0.120. The summed E-state index contributed by atoms with van der Waals surface area (Å²) in [4.78, 5) is 2.62. The monoisotopic (exact) mass is 280 g/mol. The zero-order valence-electron chi connectivity index (χ0n) is 12.9. The summed E-state index contributed by atoms with van der Waals surface area (Å²) in [5.74, 6) is 1.67. The third-order valence-corrected chi connectivity index (χ3v) is 5.54. The first-order valence-corrected chi connectivity index (χ1v) is 8.94. The summed E-state index contributed by atoms with van der Waals surface area (Å²) in [5, 5.41) is 13.9. The van der Waals surface area contributed by atoms with E-state index in [4.69, 9.17) is 0 Å². The van der Waals surface area contributed by atoms with Crippen molar-refractivity contribution >= 4 is 0 Å². The molecule has 0 bridgehead atoms. The fourth-order valence-corrected chi connectivity index (χ4v) is 4.18. The Morgan fingerprint density at radius 1 is 0.950 bits per heavy atom. The van der Waals surface area contributed by atoms with Crippen LogP contribution >= 0.6 is 0 Å². The topological polar surface area (TPSA) is 35.5 Å². The van der Waals surface area contributed by atoms with Gasteiger partial charge in [-0.15, -0.1) is 0 Å². The Morgan fingerprint density at radius 3 is 2.30 bits per heavy atom. The van der Waals surface area contributed by atoms with Crippen LogP contribution in [-0.2, 0) is 0 Å². The van der Waals surface area contributed by atoms with Gasteiger partial charge in [-0.05, 0) is 57.0 Å². The highest BCUT2D eigenvalue weighted by molar-refractivity contribution is 4.88. The minimum Gasteiger partial charge on any atom is -0.392 e. The second-order valence-corrected chi connectivity index (χ2v) is 7.42. The Morgan fingerprint density at radius 2 is 1.65 bits per heavy atom. The van der Waals surface area contributed by atoms with Crippen LogP contribution in [0.3, 0.4) is 0 Å². The molecule has 20 heavy (non-hydrogen) atoms. The van der Waals surface area contributed by atoms with E-state index in [-0.39, 0.29) is 6.10 Å². The number of nitrogens with one attached hydrogen (secondary N) is 1. The molecule has 1 heterocycles. The van der Waals surface area contributed by atoms with Crippen LogP contribution in [0.2, 0.25) is 0 Å². The van der Waals surface area contributed by atoms with Gasteiger partial charge in [-0.3, -0.25) is 4.90 Å². The standard InChI is InChI=1S/C17H32N2O/c20-17(11-14-3-1-2-4-14)13-19(16-5-6-16)12-15-7-9-18-10-8-15/h14-18,20H,1-13H2. The summed E-state index contributed by atoms with van der Waals surface area (Å²) in [6.45, 7) is 4.54. The third kappa shape index (κ3) is 4.44. The second-order valence-electron chi connectivity index (χ2n) is 7.42. The van der Waals surface area contributed by atoms with Gasteiger partial charge in [-0.1, -0.05) is 25.7 Å². The van der Waals surface area contributed by atoms with Gasteiger partial charge in [0.2, 0.25) is 0 Å². The molecule has 3 heteroatoms. The van der Waals surface area contributed by atoms with Crippen LogP contribution in [0, 0.1) is 11.8 Å². The lowest BCUT2D eigenvalue weighted by Crippen LogP contribution is -2.41. The molecule has 2 aliphatic carbocycles. The quantitative estimate of drug-likeness (QED) is 0.751. The van der Waals surface area contributed by atoms with E-state index in [0.29, 0.717) is 0 Å². The van der Waals surface area contributed by atoms with Crippen molar-refractivity contribution in [3.63, 3.8) is 0 Å². The van der Waals surface area contributed by atoms with Crippen LogP contribution in [-0.4, -0.2) is 48.3 Å². The number of rotatable bonds is 7. The maximum atomic E-state index is 10.4. The Bertz CT molecular complexity index is 281. The van der Waals surface area contributed by atoms with Crippen molar-refractivity contribution < 1.29 is 5.11 Å². The van der Waals surface area contributed by atoms with Crippen molar-refractivity contribution in [2.75, 3.05) is 26.2 Å². The highest BCUT2D eigenvalue weighted by Crippen LogP contribution is 2.32. The summed E-state index contributed by atoms with van der Waals surface area (Å²) < 4.78 is 0.